The molecule has 2 atom stereocenters. The van der Waals surface area contributed by atoms with E-state index in [1.54, 1.807) is 6.07 Å². The standard InChI is InChI=1S/C18H17NO/c20-18-8-4-2-5-13(18)12-9-10-17-15(11-12)14-6-1-3-7-16(14)19-17/h1-8,11,14,16,19-20H,9-10H2. The number of fused-ring (bicyclic) bond motifs is 2. The van der Waals surface area contributed by atoms with Gasteiger partial charge in [0, 0.05) is 17.2 Å². The average molecular weight is 263 g/mol. The number of benzene rings is 1. The second-order valence-corrected chi connectivity index (χ2v) is 5.59. The van der Waals surface area contributed by atoms with Crippen LogP contribution in [0, 0.1) is 5.92 Å². The van der Waals surface area contributed by atoms with E-state index in [0.717, 1.165) is 18.4 Å². The molecule has 0 bridgehead atoms. The van der Waals surface area contributed by atoms with Crippen molar-refractivity contribution in [1.29, 1.82) is 0 Å². The minimum absolute atomic E-state index is 0.379. The van der Waals surface area contributed by atoms with E-state index in [4.69, 9.17) is 0 Å². The molecule has 100 valence electrons. The molecular formula is C18H17NO. The van der Waals surface area contributed by atoms with Crippen LogP contribution in [0.1, 0.15) is 18.4 Å². The molecule has 2 aliphatic carbocycles. The van der Waals surface area contributed by atoms with Crippen molar-refractivity contribution in [2.45, 2.75) is 18.9 Å². The summed E-state index contributed by atoms with van der Waals surface area (Å²) in [6, 6.07) is 8.03. The Morgan fingerprint density at radius 2 is 1.90 bits per heavy atom. The van der Waals surface area contributed by atoms with E-state index in [9.17, 15) is 5.11 Å². The monoisotopic (exact) mass is 263 g/mol. The lowest BCUT2D eigenvalue weighted by Crippen LogP contribution is -2.26. The van der Waals surface area contributed by atoms with Crippen molar-refractivity contribution in [3.63, 3.8) is 0 Å². The third-order valence-electron chi connectivity index (χ3n) is 4.41. The first-order valence-electron chi connectivity index (χ1n) is 7.16. The summed E-state index contributed by atoms with van der Waals surface area (Å²) in [4.78, 5) is 0. The van der Waals surface area contributed by atoms with Gasteiger partial charge in [-0.25, -0.2) is 0 Å². The summed E-state index contributed by atoms with van der Waals surface area (Å²) in [5, 5.41) is 13.7. The molecular weight excluding hydrogens is 246 g/mol. The van der Waals surface area contributed by atoms with Crippen LogP contribution in [0.4, 0.5) is 0 Å². The number of hydrogen-bond acceptors (Lipinski definition) is 2. The van der Waals surface area contributed by atoms with Crippen molar-refractivity contribution in [3.05, 3.63) is 71.5 Å². The molecule has 0 amide bonds. The summed E-state index contributed by atoms with van der Waals surface area (Å²) in [6.07, 6.45) is 13.0. The fourth-order valence-corrected chi connectivity index (χ4v) is 3.40. The minimum atomic E-state index is 0.379. The Hall–Kier alpha value is -2.22. The van der Waals surface area contributed by atoms with Crippen LogP contribution in [-0.2, 0) is 0 Å². The SMILES string of the molecule is Oc1ccccc1C1=CC2=C(CC1)NC1C=CC=CC21. The van der Waals surface area contributed by atoms with Crippen molar-refractivity contribution in [1.82, 2.24) is 5.32 Å². The van der Waals surface area contributed by atoms with Crippen molar-refractivity contribution < 1.29 is 5.11 Å². The molecule has 1 aliphatic heterocycles. The van der Waals surface area contributed by atoms with Crippen LogP contribution >= 0.6 is 0 Å². The van der Waals surface area contributed by atoms with E-state index in [0.29, 0.717) is 17.7 Å². The first-order chi connectivity index (χ1) is 9.83. The Labute approximate surface area is 118 Å². The lowest BCUT2D eigenvalue weighted by atomic mass is 9.85. The van der Waals surface area contributed by atoms with Crippen LogP contribution in [0.5, 0.6) is 5.75 Å². The van der Waals surface area contributed by atoms with Gasteiger partial charge in [-0.2, -0.15) is 0 Å². The van der Waals surface area contributed by atoms with E-state index in [-0.39, 0.29) is 0 Å². The molecule has 0 fully saturated rings. The van der Waals surface area contributed by atoms with Crippen LogP contribution in [0.3, 0.4) is 0 Å². The first kappa shape index (κ1) is 11.6. The fraction of sp³-hybridized carbons (Fsp3) is 0.222. The summed E-state index contributed by atoms with van der Waals surface area (Å²) in [7, 11) is 0. The number of phenols is 1. The quantitative estimate of drug-likeness (QED) is 0.812. The maximum atomic E-state index is 10.0. The summed E-state index contributed by atoms with van der Waals surface area (Å²) in [5.74, 6) is 0.820. The van der Waals surface area contributed by atoms with E-state index >= 15 is 0 Å². The Bertz CT molecular complexity index is 678. The van der Waals surface area contributed by atoms with Crippen LogP contribution in [0.25, 0.3) is 5.57 Å². The fourth-order valence-electron chi connectivity index (χ4n) is 3.40. The zero-order chi connectivity index (χ0) is 13.5. The van der Waals surface area contributed by atoms with Gasteiger partial charge in [0.1, 0.15) is 5.75 Å². The molecule has 0 saturated carbocycles. The number of phenolic OH excluding ortho intramolecular Hbond substituents is 1. The second kappa shape index (κ2) is 4.41. The Balaban J connectivity index is 1.74. The number of hydrogen-bond donors (Lipinski definition) is 2. The molecule has 2 heteroatoms. The lowest BCUT2D eigenvalue weighted by Gasteiger charge is -2.18. The normalized spacial score (nSPS) is 26.9. The molecule has 0 spiro atoms. The van der Waals surface area contributed by atoms with Gasteiger partial charge in [0.15, 0.2) is 0 Å². The zero-order valence-electron chi connectivity index (χ0n) is 11.2. The van der Waals surface area contributed by atoms with Crippen molar-refractivity contribution in [3.8, 4) is 5.75 Å². The lowest BCUT2D eigenvalue weighted by molar-refractivity contribution is 0.473. The molecule has 1 heterocycles. The van der Waals surface area contributed by atoms with E-state index in [1.165, 1.54) is 16.8 Å². The molecule has 4 rings (SSSR count). The highest BCUT2D eigenvalue weighted by atomic mass is 16.3. The van der Waals surface area contributed by atoms with Crippen LogP contribution < -0.4 is 5.32 Å². The zero-order valence-corrected chi connectivity index (χ0v) is 11.2. The average Bonchev–Trinajstić information content (AvgIpc) is 2.85. The van der Waals surface area contributed by atoms with E-state index in [2.05, 4.69) is 35.7 Å². The van der Waals surface area contributed by atoms with Gasteiger partial charge in [0.2, 0.25) is 0 Å². The van der Waals surface area contributed by atoms with Gasteiger partial charge in [-0.15, -0.1) is 0 Å². The van der Waals surface area contributed by atoms with Crippen LogP contribution in [0.2, 0.25) is 0 Å². The van der Waals surface area contributed by atoms with Gasteiger partial charge >= 0.3 is 0 Å². The van der Waals surface area contributed by atoms with Crippen molar-refractivity contribution >= 4 is 5.57 Å². The number of rotatable bonds is 1. The minimum Gasteiger partial charge on any atom is -0.507 e. The van der Waals surface area contributed by atoms with Gasteiger partial charge in [0.05, 0.1) is 6.04 Å². The number of nitrogens with one attached hydrogen (secondary N) is 1. The third-order valence-corrected chi connectivity index (χ3v) is 4.41. The molecule has 2 unspecified atom stereocenters. The van der Waals surface area contributed by atoms with E-state index < -0.39 is 0 Å². The topological polar surface area (TPSA) is 32.3 Å². The highest BCUT2D eigenvalue weighted by molar-refractivity contribution is 5.75. The molecule has 3 aliphatic rings. The van der Waals surface area contributed by atoms with Crippen LogP contribution in [-0.4, -0.2) is 11.1 Å². The number of allylic oxidation sites excluding steroid dienone is 5. The molecule has 0 radical (unpaired) electrons. The van der Waals surface area contributed by atoms with Crippen molar-refractivity contribution in [2.75, 3.05) is 0 Å². The number of aromatic hydroxyl groups is 1. The van der Waals surface area contributed by atoms with Gasteiger partial charge in [-0.1, -0.05) is 48.6 Å². The smallest absolute Gasteiger partial charge is 0.123 e. The summed E-state index contributed by atoms with van der Waals surface area (Å²) < 4.78 is 0. The third kappa shape index (κ3) is 1.72. The first-order valence-corrected chi connectivity index (χ1v) is 7.16. The summed E-state index contributed by atoms with van der Waals surface area (Å²) in [6.45, 7) is 0. The number of para-hydroxylation sites is 1. The predicted octanol–water partition coefficient (Wildman–Crippen LogP) is 3.54. The molecule has 0 saturated heterocycles. The second-order valence-electron chi connectivity index (χ2n) is 5.59. The van der Waals surface area contributed by atoms with Gasteiger partial charge in [-0.3, -0.25) is 0 Å². The summed E-state index contributed by atoms with van der Waals surface area (Å²) in [5.41, 5.74) is 4.97. The molecule has 2 N–H and O–H groups in total. The van der Waals surface area contributed by atoms with Crippen LogP contribution in [0.15, 0.2) is 65.9 Å². The van der Waals surface area contributed by atoms with Gasteiger partial charge < -0.3 is 10.4 Å². The maximum Gasteiger partial charge on any atom is 0.123 e. The highest BCUT2D eigenvalue weighted by Crippen LogP contribution is 2.41. The van der Waals surface area contributed by atoms with E-state index in [1.807, 2.05) is 18.2 Å². The summed E-state index contributed by atoms with van der Waals surface area (Å²) >= 11 is 0. The predicted molar refractivity (Wildman–Crippen MR) is 81.0 cm³/mol. The Kier molecular flexibility index (Phi) is 2.56. The Morgan fingerprint density at radius 1 is 1.05 bits per heavy atom. The molecule has 1 aromatic rings. The molecule has 0 aromatic heterocycles. The Morgan fingerprint density at radius 3 is 2.80 bits per heavy atom. The molecule has 2 nitrogen and oxygen atoms in total. The highest BCUT2D eigenvalue weighted by Gasteiger charge is 2.32. The molecule has 20 heavy (non-hydrogen) atoms. The maximum absolute atomic E-state index is 10.0. The van der Waals surface area contributed by atoms with Gasteiger partial charge in [-0.05, 0) is 30.1 Å². The van der Waals surface area contributed by atoms with Gasteiger partial charge in [0.25, 0.3) is 0 Å². The van der Waals surface area contributed by atoms with Crippen molar-refractivity contribution in [2.24, 2.45) is 5.92 Å². The molecule has 1 aromatic carbocycles. The largest absolute Gasteiger partial charge is 0.507 e.